The maximum atomic E-state index is 11.1. The molecule has 0 aliphatic heterocycles. The van der Waals surface area contributed by atoms with E-state index in [1.165, 1.54) is 0 Å². The van der Waals surface area contributed by atoms with Gasteiger partial charge in [-0.25, -0.2) is 0 Å². The minimum Gasteiger partial charge on any atom is -0.396 e. The fourth-order valence-corrected chi connectivity index (χ4v) is 1.38. The minimum atomic E-state index is -1.10. The van der Waals surface area contributed by atoms with Gasteiger partial charge in [-0.05, 0) is 32.6 Å². The number of unbranched alkanes of at least 4 members (excludes halogenated alkanes) is 1. The number of amidine groups is 1. The van der Waals surface area contributed by atoms with E-state index in [9.17, 15) is 4.79 Å². The first-order chi connectivity index (χ1) is 7.42. The van der Waals surface area contributed by atoms with Crippen molar-refractivity contribution >= 4 is 11.7 Å². The van der Waals surface area contributed by atoms with Crippen LogP contribution in [-0.4, -0.2) is 35.5 Å². The van der Waals surface area contributed by atoms with Crippen LogP contribution < -0.4 is 17.2 Å². The van der Waals surface area contributed by atoms with E-state index >= 15 is 0 Å². The zero-order valence-electron chi connectivity index (χ0n) is 9.78. The second-order valence-electron chi connectivity index (χ2n) is 3.97. The van der Waals surface area contributed by atoms with Crippen molar-refractivity contribution in [1.82, 2.24) is 0 Å². The van der Waals surface area contributed by atoms with Gasteiger partial charge in [0.2, 0.25) is 5.91 Å². The van der Waals surface area contributed by atoms with Crippen molar-refractivity contribution in [3.63, 3.8) is 0 Å². The summed E-state index contributed by atoms with van der Waals surface area (Å²) >= 11 is 0. The summed E-state index contributed by atoms with van der Waals surface area (Å²) < 4.78 is 0. The second kappa shape index (κ2) is 7.19. The lowest BCUT2D eigenvalue weighted by Crippen LogP contribution is -2.52. The number of hydrogen-bond donors (Lipinski definition) is 4. The van der Waals surface area contributed by atoms with Crippen LogP contribution >= 0.6 is 0 Å². The molecule has 16 heavy (non-hydrogen) atoms. The van der Waals surface area contributed by atoms with Crippen molar-refractivity contribution in [3.05, 3.63) is 0 Å². The summed E-state index contributed by atoms with van der Waals surface area (Å²) in [6, 6.07) is 0. The lowest BCUT2D eigenvalue weighted by molar-refractivity contribution is -0.124. The number of primary amides is 1. The van der Waals surface area contributed by atoms with E-state index in [2.05, 4.69) is 4.99 Å². The van der Waals surface area contributed by atoms with Crippen LogP contribution in [0.2, 0.25) is 0 Å². The summed E-state index contributed by atoms with van der Waals surface area (Å²) in [5.41, 5.74) is 15.3. The highest BCUT2D eigenvalue weighted by atomic mass is 16.3. The summed E-state index contributed by atoms with van der Waals surface area (Å²) in [4.78, 5) is 15.1. The molecule has 0 aromatic heterocycles. The van der Waals surface area contributed by atoms with Crippen LogP contribution in [-0.2, 0) is 4.79 Å². The highest BCUT2D eigenvalue weighted by molar-refractivity contribution is 5.84. The molecule has 6 nitrogen and oxygen atoms in total. The molecular weight excluding hydrogens is 208 g/mol. The summed E-state index contributed by atoms with van der Waals surface area (Å²) in [7, 11) is 0. The van der Waals surface area contributed by atoms with Crippen molar-refractivity contribution in [2.24, 2.45) is 22.2 Å². The number of aliphatic hydroxyl groups is 1. The SMILES string of the molecule is CC(N)=NCCCCC(N)(CCO)C(N)=O. The van der Waals surface area contributed by atoms with Crippen LogP contribution in [0.4, 0.5) is 0 Å². The normalized spacial score (nSPS) is 15.8. The number of hydrogen-bond acceptors (Lipinski definition) is 4. The molecule has 1 amide bonds. The van der Waals surface area contributed by atoms with Gasteiger partial charge in [-0.15, -0.1) is 0 Å². The largest absolute Gasteiger partial charge is 0.396 e. The third kappa shape index (κ3) is 5.67. The predicted molar refractivity (Wildman–Crippen MR) is 63.8 cm³/mol. The van der Waals surface area contributed by atoms with Gasteiger partial charge in [-0.3, -0.25) is 9.79 Å². The number of aliphatic hydroxyl groups excluding tert-OH is 1. The van der Waals surface area contributed by atoms with Gasteiger partial charge in [0.1, 0.15) is 0 Å². The maximum Gasteiger partial charge on any atom is 0.237 e. The van der Waals surface area contributed by atoms with Gasteiger partial charge < -0.3 is 22.3 Å². The van der Waals surface area contributed by atoms with E-state index in [0.717, 1.165) is 12.8 Å². The van der Waals surface area contributed by atoms with Crippen molar-refractivity contribution in [2.75, 3.05) is 13.2 Å². The van der Waals surface area contributed by atoms with Crippen LogP contribution in [0.5, 0.6) is 0 Å². The number of nitrogens with two attached hydrogens (primary N) is 3. The van der Waals surface area contributed by atoms with E-state index in [4.69, 9.17) is 22.3 Å². The maximum absolute atomic E-state index is 11.1. The molecule has 1 unspecified atom stereocenters. The Hall–Kier alpha value is -1.14. The second-order valence-corrected chi connectivity index (χ2v) is 3.97. The summed E-state index contributed by atoms with van der Waals surface area (Å²) in [5.74, 6) is -0.0238. The molecule has 94 valence electrons. The first-order valence-electron chi connectivity index (χ1n) is 5.38. The van der Waals surface area contributed by atoms with E-state index < -0.39 is 11.4 Å². The van der Waals surface area contributed by atoms with Gasteiger partial charge in [0.15, 0.2) is 0 Å². The Morgan fingerprint density at radius 1 is 1.31 bits per heavy atom. The smallest absolute Gasteiger partial charge is 0.237 e. The minimum absolute atomic E-state index is 0.139. The molecule has 0 fully saturated rings. The van der Waals surface area contributed by atoms with Gasteiger partial charge in [0.25, 0.3) is 0 Å². The average molecular weight is 230 g/mol. The quantitative estimate of drug-likeness (QED) is 0.245. The average Bonchev–Trinajstić information content (AvgIpc) is 2.17. The first-order valence-corrected chi connectivity index (χ1v) is 5.38. The Bertz CT molecular complexity index is 251. The predicted octanol–water partition coefficient (Wildman–Crippen LogP) is -0.901. The molecule has 0 aromatic carbocycles. The van der Waals surface area contributed by atoms with Crippen LogP contribution in [0.3, 0.4) is 0 Å². The van der Waals surface area contributed by atoms with Gasteiger partial charge in [-0.2, -0.15) is 0 Å². The molecule has 0 aliphatic carbocycles. The molecule has 0 saturated heterocycles. The summed E-state index contributed by atoms with van der Waals surface area (Å²) in [6.07, 6.45) is 2.19. The van der Waals surface area contributed by atoms with Gasteiger partial charge in [-0.1, -0.05) is 0 Å². The van der Waals surface area contributed by atoms with Gasteiger partial charge in [0.05, 0.1) is 11.4 Å². The summed E-state index contributed by atoms with van der Waals surface area (Å²) in [6.45, 7) is 2.21. The Morgan fingerprint density at radius 3 is 2.38 bits per heavy atom. The van der Waals surface area contributed by atoms with Crippen LogP contribution in [0.15, 0.2) is 4.99 Å². The Kier molecular flexibility index (Phi) is 6.67. The van der Waals surface area contributed by atoms with Crippen molar-refractivity contribution in [1.29, 1.82) is 0 Å². The molecule has 7 N–H and O–H groups in total. The number of rotatable bonds is 8. The molecule has 0 spiro atoms. The van der Waals surface area contributed by atoms with E-state index in [1.54, 1.807) is 6.92 Å². The third-order valence-electron chi connectivity index (χ3n) is 2.44. The van der Waals surface area contributed by atoms with Crippen LogP contribution in [0.1, 0.15) is 32.6 Å². The number of nitrogens with zero attached hydrogens (tertiary/aromatic N) is 1. The Balaban J connectivity index is 3.95. The van der Waals surface area contributed by atoms with Crippen molar-refractivity contribution in [3.8, 4) is 0 Å². The van der Waals surface area contributed by atoms with E-state index in [-0.39, 0.29) is 13.0 Å². The molecule has 0 rings (SSSR count). The zero-order chi connectivity index (χ0) is 12.6. The lowest BCUT2D eigenvalue weighted by atomic mass is 9.90. The van der Waals surface area contributed by atoms with Gasteiger partial charge >= 0.3 is 0 Å². The topological polar surface area (TPSA) is 128 Å². The molecule has 0 bridgehead atoms. The molecule has 0 heterocycles. The Morgan fingerprint density at radius 2 is 1.94 bits per heavy atom. The lowest BCUT2D eigenvalue weighted by Gasteiger charge is -2.24. The molecule has 0 aliphatic rings. The number of aliphatic imine (C=N–C) groups is 1. The standard InChI is InChI=1S/C10H22N4O2/c1-8(11)14-6-3-2-4-10(13,5-7-15)9(12)16/h15H,2-7,13H2,1H3,(H2,11,14)(H2,12,16). The van der Waals surface area contributed by atoms with Crippen molar-refractivity contribution in [2.45, 2.75) is 38.1 Å². The Labute approximate surface area is 95.9 Å². The first kappa shape index (κ1) is 14.9. The highest BCUT2D eigenvalue weighted by Gasteiger charge is 2.30. The number of amides is 1. The molecule has 6 heteroatoms. The van der Waals surface area contributed by atoms with Crippen LogP contribution in [0, 0.1) is 0 Å². The zero-order valence-corrected chi connectivity index (χ0v) is 9.78. The molecular formula is C10H22N4O2. The monoisotopic (exact) mass is 230 g/mol. The molecule has 0 radical (unpaired) electrons. The molecule has 0 saturated carbocycles. The van der Waals surface area contributed by atoms with Gasteiger partial charge in [0, 0.05) is 13.2 Å². The molecule has 0 aromatic rings. The van der Waals surface area contributed by atoms with E-state index in [0.29, 0.717) is 18.8 Å². The fourth-order valence-electron chi connectivity index (χ4n) is 1.38. The molecule has 1 atom stereocenters. The number of carbonyl (C=O) groups excluding carboxylic acids is 1. The highest BCUT2D eigenvalue weighted by Crippen LogP contribution is 2.15. The third-order valence-corrected chi connectivity index (χ3v) is 2.44. The van der Waals surface area contributed by atoms with Crippen molar-refractivity contribution < 1.29 is 9.90 Å². The summed E-state index contributed by atoms with van der Waals surface area (Å²) in [5, 5.41) is 8.80. The number of carbonyl (C=O) groups is 1. The van der Waals surface area contributed by atoms with E-state index in [1.807, 2.05) is 0 Å². The fraction of sp³-hybridized carbons (Fsp3) is 0.800. The van der Waals surface area contributed by atoms with Crippen LogP contribution in [0.25, 0.3) is 0 Å².